The third-order valence-electron chi connectivity index (χ3n) is 3.24. The van der Waals surface area contributed by atoms with Gasteiger partial charge in [0.1, 0.15) is 5.41 Å². The molecule has 0 aliphatic carbocycles. The third-order valence-corrected chi connectivity index (χ3v) is 3.24. The molecule has 96 valence electrons. The Hall–Kier alpha value is -1.08. The van der Waals surface area contributed by atoms with Crippen LogP contribution in [-0.2, 0) is 9.53 Å². The number of nitriles is 1. The number of nitrogens with zero attached hydrogens (tertiary/aromatic N) is 1. The van der Waals surface area contributed by atoms with Crippen LogP contribution in [0.25, 0.3) is 0 Å². The van der Waals surface area contributed by atoms with Gasteiger partial charge in [0.05, 0.1) is 6.07 Å². The zero-order valence-electron chi connectivity index (χ0n) is 10.8. The molecule has 0 aromatic carbocycles. The molecule has 1 aliphatic heterocycles. The van der Waals surface area contributed by atoms with E-state index >= 15 is 0 Å². The molecular formula is C13H22N2O2. The Balaban J connectivity index is 2.37. The lowest BCUT2D eigenvalue weighted by Gasteiger charge is -2.29. The first-order chi connectivity index (χ1) is 8.10. The van der Waals surface area contributed by atoms with Crippen molar-refractivity contribution in [2.45, 2.75) is 39.5 Å². The maximum atomic E-state index is 12.0. The lowest BCUT2D eigenvalue weighted by molar-refractivity contribution is -0.132. The predicted molar refractivity (Wildman–Crippen MR) is 65.2 cm³/mol. The van der Waals surface area contributed by atoms with E-state index in [4.69, 9.17) is 4.74 Å². The van der Waals surface area contributed by atoms with Gasteiger partial charge in [-0.25, -0.2) is 0 Å². The van der Waals surface area contributed by atoms with E-state index in [2.05, 4.69) is 25.2 Å². The minimum atomic E-state index is -0.851. The molecule has 1 saturated heterocycles. The molecule has 1 N–H and O–H groups in total. The lowest BCUT2D eigenvalue weighted by Crippen LogP contribution is -2.44. The first-order valence-electron chi connectivity index (χ1n) is 6.38. The highest BCUT2D eigenvalue weighted by Crippen LogP contribution is 2.29. The second-order valence-electron chi connectivity index (χ2n) is 5.10. The molecule has 0 spiro atoms. The van der Waals surface area contributed by atoms with Crippen LogP contribution in [0.4, 0.5) is 0 Å². The molecule has 1 rings (SSSR count). The zero-order chi connectivity index (χ0) is 12.7. The summed E-state index contributed by atoms with van der Waals surface area (Å²) >= 11 is 0. The summed E-state index contributed by atoms with van der Waals surface area (Å²) in [5.41, 5.74) is -0.851. The Kier molecular flexibility index (Phi) is 5.43. The summed E-state index contributed by atoms with van der Waals surface area (Å²) in [5.74, 6) is 0.534. The second kappa shape index (κ2) is 6.61. The van der Waals surface area contributed by atoms with Crippen molar-refractivity contribution >= 4 is 5.91 Å². The average Bonchev–Trinajstić information content (AvgIpc) is 2.35. The fourth-order valence-corrected chi connectivity index (χ4v) is 1.99. The van der Waals surface area contributed by atoms with Crippen molar-refractivity contribution in [3.63, 3.8) is 0 Å². The number of nitrogens with one attached hydrogen (secondary N) is 1. The molecule has 0 atom stereocenters. The molecule has 1 fully saturated rings. The van der Waals surface area contributed by atoms with Crippen LogP contribution < -0.4 is 5.32 Å². The predicted octanol–water partition coefficient (Wildman–Crippen LogP) is 1.86. The highest BCUT2D eigenvalue weighted by atomic mass is 16.5. The van der Waals surface area contributed by atoms with Gasteiger partial charge >= 0.3 is 0 Å². The van der Waals surface area contributed by atoms with Crippen molar-refractivity contribution in [3.8, 4) is 6.07 Å². The van der Waals surface area contributed by atoms with Gasteiger partial charge in [-0.1, -0.05) is 13.8 Å². The zero-order valence-corrected chi connectivity index (χ0v) is 10.8. The molecule has 4 heteroatoms. The SMILES string of the molecule is CC(C)CCCNC(=O)C1(C#N)CCOCC1. The van der Waals surface area contributed by atoms with Crippen LogP contribution in [0.5, 0.6) is 0 Å². The van der Waals surface area contributed by atoms with E-state index < -0.39 is 5.41 Å². The summed E-state index contributed by atoms with van der Waals surface area (Å²) in [5, 5.41) is 12.1. The van der Waals surface area contributed by atoms with E-state index in [1.807, 2.05) is 0 Å². The van der Waals surface area contributed by atoms with E-state index in [9.17, 15) is 10.1 Å². The second-order valence-corrected chi connectivity index (χ2v) is 5.10. The first kappa shape index (κ1) is 14.0. The fourth-order valence-electron chi connectivity index (χ4n) is 1.99. The molecule has 0 unspecified atom stereocenters. The molecule has 4 nitrogen and oxygen atoms in total. The van der Waals surface area contributed by atoms with E-state index in [1.165, 1.54) is 0 Å². The number of ether oxygens (including phenoxy) is 1. The molecule has 17 heavy (non-hydrogen) atoms. The smallest absolute Gasteiger partial charge is 0.240 e. The minimum absolute atomic E-state index is 0.118. The number of carbonyl (C=O) groups is 1. The van der Waals surface area contributed by atoms with Gasteiger partial charge in [-0.15, -0.1) is 0 Å². The fraction of sp³-hybridized carbons (Fsp3) is 0.846. The maximum absolute atomic E-state index is 12.0. The van der Waals surface area contributed by atoms with Gasteiger partial charge in [0.25, 0.3) is 0 Å². The summed E-state index contributed by atoms with van der Waals surface area (Å²) in [6, 6.07) is 2.17. The standard InChI is InChI=1S/C13H22N2O2/c1-11(2)4-3-7-15-12(16)13(10-14)5-8-17-9-6-13/h11H,3-9H2,1-2H3,(H,15,16). The van der Waals surface area contributed by atoms with Crippen molar-refractivity contribution in [3.05, 3.63) is 0 Å². The van der Waals surface area contributed by atoms with Crippen LogP contribution in [0.2, 0.25) is 0 Å². The van der Waals surface area contributed by atoms with Crippen molar-refractivity contribution in [1.82, 2.24) is 5.32 Å². The molecule has 0 radical (unpaired) electrons. The average molecular weight is 238 g/mol. The topological polar surface area (TPSA) is 62.1 Å². The summed E-state index contributed by atoms with van der Waals surface area (Å²) in [7, 11) is 0. The van der Waals surface area contributed by atoms with Crippen molar-refractivity contribution in [2.75, 3.05) is 19.8 Å². The molecule has 1 amide bonds. The Morgan fingerprint density at radius 3 is 2.65 bits per heavy atom. The first-order valence-corrected chi connectivity index (χ1v) is 6.38. The molecule has 1 heterocycles. The van der Waals surface area contributed by atoms with Gasteiger partial charge in [0, 0.05) is 19.8 Å². The highest BCUT2D eigenvalue weighted by molar-refractivity contribution is 5.85. The monoisotopic (exact) mass is 238 g/mol. The summed E-state index contributed by atoms with van der Waals surface area (Å²) < 4.78 is 5.20. The molecule has 0 bridgehead atoms. The molecule has 0 aromatic heterocycles. The Labute approximate surface area is 103 Å². The molecule has 0 aromatic rings. The molecule has 1 aliphatic rings. The maximum Gasteiger partial charge on any atom is 0.240 e. The summed E-state index contributed by atoms with van der Waals surface area (Å²) in [6.07, 6.45) is 3.10. The van der Waals surface area contributed by atoms with Gasteiger partial charge in [-0.2, -0.15) is 5.26 Å². The number of rotatable bonds is 5. The quantitative estimate of drug-likeness (QED) is 0.744. The van der Waals surface area contributed by atoms with Crippen LogP contribution in [0.3, 0.4) is 0 Å². The van der Waals surface area contributed by atoms with Crippen LogP contribution in [0, 0.1) is 22.7 Å². The van der Waals surface area contributed by atoms with Crippen LogP contribution >= 0.6 is 0 Å². The Morgan fingerprint density at radius 2 is 2.12 bits per heavy atom. The van der Waals surface area contributed by atoms with E-state index in [-0.39, 0.29) is 5.91 Å². The highest BCUT2D eigenvalue weighted by Gasteiger charge is 2.40. The largest absolute Gasteiger partial charge is 0.381 e. The number of carbonyl (C=O) groups excluding carboxylic acids is 1. The van der Waals surface area contributed by atoms with Crippen LogP contribution in [0.15, 0.2) is 0 Å². The van der Waals surface area contributed by atoms with Gasteiger partial charge < -0.3 is 10.1 Å². The van der Waals surface area contributed by atoms with Gasteiger partial charge in [0.2, 0.25) is 5.91 Å². The Bertz CT molecular complexity index is 288. The summed E-state index contributed by atoms with van der Waals surface area (Å²) in [6.45, 7) is 6.01. The normalized spacial score (nSPS) is 18.7. The summed E-state index contributed by atoms with van der Waals surface area (Å²) in [4.78, 5) is 12.0. The van der Waals surface area contributed by atoms with Crippen LogP contribution in [-0.4, -0.2) is 25.7 Å². The van der Waals surface area contributed by atoms with Crippen molar-refractivity contribution in [2.24, 2.45) is 11.3 Å². The van der Waals surface area contributed by atoms with Crippen molar-refractivity contribution < 1.29 is 9.53 Å². The van der Waals surface area contributed by atoms with E-state index in [1.54, 1.807) is 0 Å². The van der Waals surface area contributed by atoms with Crippen LogP contribution in [0.1, 0.15) is 39.5 Å². The van der Waals surface area contributed by atoms with Gasteiger partial charge in [0.15, 0.2) is 0 Å². The number of amides is 1. The van der Waals surface area contributed by atoms with Crippen molar-refractivity contribution in [1.29, 1.82) is 5.26 Å². The van der Waals surface area contributed by atoms with E-state index in [0.29, 0.717) is 38.5 Å². The van der Waals surface area contributed by atoms with Gasteiger partial charge in [-0.05, 0) is 31.6 Å². The lowest BCUT2D eigenvalue weighted by atomic mass is 9.81. The number of hydrogen-bond acceptors (Lipinski definition) is 3. The molecular weight excluding hydrogens is 216 g/mol. The van der Waals surface area contributed by atoms with Gasteiger partial charge in [-0.3, -0.25) is 4.79 Å². The minimum Gasteiger partial charge on any atom is -0.381 e. The Morgan fingerprint density at radius 1 is 1.47 bits per heavy atom. The third kappa shape index (κ3) is 4.01. The van der Waals surface area contributed by atoms with E-state index in [0.717, 1.165) is 12.8 Å². The molecule has 0 saturated carbocycles. The number of hydrogen-bond donors (Lipinski definition) is 1.